The first-order chi connectivity index (χ1) is 16.7. The fourth-order valence-electron chi connectivity index (χ4n) is 4.07. The summed E-state index contributed by atoms with van der Waals surface area (Å²) >= 11 is 0. The number of nitrogens with zero attached hydrogens (tertiary/aromatic N) is 3. The summed E-state index contributed by atoms with van der Waals surface area (Å²) in [5.74, 6) is -0.414. The molecular formula is C22H32N4O8S2. The number of hydrogen-bond donors (Lipinski definition) is 2. The van der Waals surface area contributed by atoms with Gasteiger partial charge in [-0.15, -0.1) is 0 Å². The van der Waals surface area contributed by atoms with Crippen molar-refractivity contribution in [2.75, 3.05) is 37.7 Å². The Morgan fingerprint density at radius 1 is 1.28 bits per heavy atom. The molecule has 1 aromatic heterocycles. The Labute approximate surface area is 211 Å². The van der Waals surface area contributed by atoms with Crippen molar-refractivity contribution in [2.24, 2.45) is 5.92 Å². The van der Waals surface area contributed by atoms with Crippen molar-refractivity contribution in [3.8, 4) is 5.75 Å². The molecule has 200 valence electrons. The zero-order valence-electron chi connectivity index (χ0n) is 21.0. The molecule has 3 rings (SSSR count). The molecule has 0 fully saturated rings. The van der Waals surface area contributed by atoms with Gasteiger partial charge in [0.2, 0.25) is 20.0 Å². The molecule has 0 bridgehead atoms. The third kappa shape index (κ3) is 5.82. The van der Waals surface area contributed by atoms with Crippen molar-refractivity contribution in [1.82, 2.24) is 14.4 Å². The first-order valence-corrected chi connectivity index (χ1v) is 14.6. The lowest BCUT2D eigenvalue weighted by Crippen LogP contribution is -2.50. The molecular weight excluding hydrogens is 512 g/mol. The first-order valence-electron chi connectivity index (χ1n) is 11.2. The number of hydrogen-bond acceptors (Lipinski definition) is 9. The van der Waals surface area contributed by atoms with Crippen LogP contribution in [0.15, 0.2) is 27.6 Å². The SMILES string of the molecule is Cc1noc(C)c1S(=O)(=O)N(C)C[C@H]1Oc2ccc(NS(C)(=O)=O)cc2C(=O)N([C@H](C)CO)C[C@@H]1C. The molecule has 2 aromatic rings. The monoisotopic (exact) mass is 544 g/mol. The van der Waals surface area contributed by atoms with Gasteiger partial charge in [-0.25, -0.2) is 16.8 Å². The molecule has 2 N–H and O–H groups in total. The average molecular weight is 545 g/mol. The molecule has 12 nitrogen and oxygen atoms in total. The van der Waals surface area contributed by atoms with Crippen LogP contribution in [0.2, 0.25) is 0 Å². The van der Waals surface area contributed by atoms with Gasteiger partial charge in [0.25, 0.3) is 5.91 Å². The van der Waals surface area contributed by atoms with Crippen LogP contribution in [0.5, 0.6) is 5.75 Å². The van der Waals surface area contributed by atoms with Crippen LogP contribution in [0.3, 0.4) is 0 Å². The quantitative estimate of drug-likeness (QED) is 0.498. The fraction of sp³-hybridized carbons (Fsp3) is 0.545. The smallest absolute Gasteiger partial charge is 0.258 e. The minimum atomic E-state index is -3.95. The number of nitrogens with one attached hydrogen (secondary N) is 1. The highest BCUT2D eigenvalue weighted by molar-refractivity contribution is 7.92. The topological polar surface area (TPSA) is 159 Å². The number of aryl methyl sites for hydroxylation is 2. The molecule has 36 heavy (non-hydrogen) atoms. The Kier molecular flexibility index (Phi) is 8.03. The standard InChI is InChI=1S/C22H32N4O8S2/c1-13-10-26(14(2)12-27)22(28)18-9-17(24-35(6,29)30)7-8-19(18)33-20(13)11-25(5)36(31,32)21-15(3)23-34-16(21)4/h7-9,13-14,20,24,27H,10-12H2,1-6H3/t13-,14+,20+/m0/s1. The summed E-state index contributed by atoms with van der Waals surface area (Å²) in [4.78, 5) is 14.9. The Morgan fingerprint density at radius 3 is 2.50 bits per heavy atom. The molecule has 0 radical (unpaired) electrons. The summed E-state index contributed by atoms with van der Waals surface area (Å²) in [7, 11) is -6.12. The van der Waals surface area contributed by atoms with E-state index in [0.29, 0.717) is 0 Å². The highest BCUT2D eigenvalue weighted by atomic mass is 32.2. The highest BCUT2D eigenvalue weighted by Crippen LogP contribution is 2.32. The lowest BCUT2D eigenvalue weighted by molar-refractivity contribution is 0.0387. The number of amides is 1. The molecule has 3 atom stereocenters. The maximum Gasteiger partial charge on any atom is 0.258 e. The number of aromatic nitrogens is 1. The zero-order chi connectivity index (χ0) is 27.0. The van der Waals surface area contributed by atoms with E-state index in [4.69, 9.17) is 9.26 Å². The maximum absolute atomic E-state index is 13.4. The Hall–Kier alpha value is -2.68. The number of carbonyl (C=O) groups is 1. The van der Waals surface area contributed by atoms with E-state index in [1.54, 1.807) is 13.8 Å². The molecule has 0 unspecified atom stereocenters. The van der Waals surface area contributed by atoms with Gasteiger partial charge in [-0.05, 0) is 39.0 Å². The van der Waals surface area contributed by atoms with Gasteiger partial charge in [-0.2, -0.15) is 4.31 Å². The number of aliphatic hydroxyl groups is 1. The third-order valence-electron chi connectivity index (χ3n) is 6.04. The second-order valence-electron chi connectivity index (χ2n) is 9.15. The van der Waals surface area contributed by atoms with Crippen LogP contribution >= 0.6 is 0 Å². The molecule has 0 saturated carbocycles. The van der Waals surface area contributed by atoms with E-state index >= 15 is 0 Å². The van der Waals surface area contributed by atoms with Crippen molar-refractivity contribution in [2.45, 2.75) is 44.7 Å². The van der Waals surface area contributed by atoms with Gasteiger partial charge in [0, 0.05) is 25.2 Å². The minimum absolute atomic E-state index is 0.00824. The van der Waals surface area contributed by atoms with Crippen molar-refractivity contribution in [3.05, 3.63) is 35.2 Å². The van der Waals surface area contributed by atoms with Gasteiger partial charge in [-0.1, -0.05) is 12.1 Å². The number of carbonyl (C=O) groups excluding carboxylic acids is 1. The number of likely N-dealkylation sites (N-methyl/N-ethyl adjacent to an activating group) is 1. The first kappa shape index (κ1) is 27.9. The van der Waals surface area contributed by atoms with E-state index in [9.17, 15) is 26.7 Å². The number of aliphatic hydroxyl groups excluding tert-OH is 1. The van der Waals surface area contributed by atoms with Crippen LogP contribution in [-0.2, 0) is 20.0 Å². The summed E-state index contributed by atoms with van der Waals surface area (Å²) in [6.45, 7) is 6.42. The molecule has 1 amide bonds. The zero-order valence-corrected chi connectivity index (χ0v) is 22.7. The van der Waals surface area contributed by atoms with E-state index < -0.39 is 38.1 Å². The van der Waals surface area contributed by atoms with Crippen LogP contribution in [0, 0.1) is 19.8 Å². The van der Waals surface area contributed by atoms with Crippen molar-refractivity contribution >= 4 is 31.6 Å². The summed E-state index contributed by atoms with van der Waals surface area (Å²) < 4.78 is 64.7. The van der Waals surface area contributed by atoms with E-state index in [1.807, 2.05) is 6.92 Å². The van der Waals surface area contributed by atoms with Gasteiger partial charge in [0.15, 0.2) is 5.76 Å². The molecule has 1 aromatic carbocycles. The molecule has 0 saturated heterocycles. The Balaban J connectivity index is 2.01. The van der Waals surface area contributed by atoms with E-state index in [0.717, 1.165) is 10.6 Å². The lowest BCUT2D eigenvalue weighted by Gasteiger charge is -2.38. The van der Waals surface area contributed by atoms with Gasteiger partial charge < -0.3 is 19.3 Å². The van der Waals surface area contributed by atoms with Crippen LogP contribution < -0.4 is 9.46 Å². The number of ether oxygens (including phenoxy) is 1. The molecule has 14 heteroatoms. The van der Waals surface area contributed by atoms with E-state index in [1.165, 1.54) is 37.1 Å². The number of anilines is 1. The van der Waals surface area contributed by atoms with Crippen LogP contribution in [0.4, 0.5) is 5.69 Å². The largest absolute Gasteiger partial charge is 0.488 e. The summed E-state index contributed by atoms with van der Waals surface area (Å²) in [5, 5.41) is 13.5. The summed E-state index contributed by atoms with van der Waals surface area (Å²) in [6.07, 6.45) is 0.314. The van der Waals surface area contributed by atoms with Crippen molar-refractivity contribution < 1.29 is 36.0 Å². The predicted molar refractivity (Wildman–Crippen MR) is 132 cm³/mol. The van der Waals surface area contributed by atoms with Crippen molar-refractivity contribution in [1.29, 1.82) is 0 Å². The normalized spacial score (nSPS) is 19.9. The number of sulfonamides is 2. The van der Waals surface area contributed by atoms with E-state index in [-0.39, 0.29) is 59.0 Å². The van der Waals surface area contributed by atoms with Crippen LogP contribution in [0.25, 0.3) is 0 Å². The Bertz CT molecular complexity index is 1320. The van der Waals surface area contributed by atoms with Crippen LogP contribution in [-0.4, -0.2) is 87.4 Å². The molecule has 1 aliphatic heterocycles. The number of fused-ring (bicyclic) bond motifs is 1. The minimum Gasteiger partial charge on any atom is -0.488 e. The number of rotatable bonds is 8. The van der Waals surface area contributed by atoms with Crippen molar-refractivity contribution in [3.63, 3.8) is 0 Å². The Morgan fingerprint density at radius 2 is 1.94 bits per heavy atom. The van der Waals surface area contributed by atoms with Gasteiger partial charge >= 0.3 is 0 Å². The molecule has 0 aliphatic carbocycles. The molecule has 1 aliphatic rings. The molecule has 2 heterocycles. The van der Waals surface area contributed by atoms with Gasteiger partial charge in [0.1, 0.15) is 22.4 Å². The van der Waals surface area contributed by atoms with E-state index in [2.05, 4.69) is 9.88 Å². The second-order valence-corrected chi connectivity index (χ2v) is 12.9. The van der Waals surface area contributed by atoms with Crippen LogP contribution in [0.1, 0.15) is 35.7 Å². The molecule has 0 spiro atoms. The number of benzene rings is 1. The third-order valence-corrected chi connectivity index (χ3v) is 8.72. The predicted octanol–water partition coefficient (Wildman–Crippen LogP) is 1.20. The average Bonchev–Trinajstić information content (AvgIpc) is 3.13. The highest BCUT2D eigenvalue weighted by Gasteiger charge is 2.36. The maximum atomic E-state index is 13.4. The second kappa shape index (κ2) is 10.4. The lowest BCUT2D eigenvalue weighted by atomic mass is 9.99. The van der Waals surface area contributed by atoms with Gasteiger partial charge in [0.05, 0.1) is 31.0 Å². The van der Waals surface area contributed by atoms with Gasteiger partial charge in [-0.3, -0.25) is 9.52 Å². The summed E-state index contributed by atoms with van der Waals surface area (Å²) in [6, 6.07) is 3.76. The summed E-state index contributed by atoms with van der Waals surface area (Å²) in [5.41, 5.74) is 0.515. The fourth-order valence-corrected chi connectivity index (χ4v) is 6.09.